The number of ether oxygens (including phenoxy) is 1. The number of fused-ring (bicyclic) bond motifs is 1. The maximum Gasteiger partial charge on any atom is 0.263 e. The number of anilines is 1. The van der Waals surface area contributed by atoms with Crippen molar-refractivity contribution in [1.29, 1.82) is 0 Å². The van der Waals surface area contributed by atoms with Crippen LogP contribution in [0.15, 0.2) is 48.8 Å². The van der Waals surface area contributed by atoms with E-state index < -0.39 is 0 Å². The predicted molar refractivity (Wildman–Crippen MR) is 89.9 cm³/mol. The highest BCUT2D eigenvalue weighted by molar-refractivity contribution is 6.35. The van der Waals surface area contributed by atoms with E-state index in [1.54, 1.807) is 30.6 Å². The summed E-state index contributed by atoms with van der Waals surface area (Å²) in [4.78, 5) is 20.4. The molecular formula is C17H14ClN3O2. The van der Waals surface area contributed by atoms with E-state index in [-0.39, 0.29) is 12.5 Å². The average molecular weight is 328 g/mol. The summed E-state index contributed by atoms with van der Waals surface area (Å²) in [5.74, 6) is 0.754. The first-order chi connectivity index (χ1) is 11.1. The van der Waals surface area contributed by atoms with E-state index in [4.69, 9.17) is 16.3 Å². The van der Waals surface area contributed by atoms with Crippen molar-refractivity contribution in [3.63, 3.8) is 0 Å². The molecule has 2 aromatic heterocycles. The van der Waals surface area contributed by atoms with Gasteiger partial charge in [0.25, 0.3) is 5.91 Å². The van der Waals surface area contributed by atoms with Crippen LogP contribution < -0.4 is 10.1 Å². The molecule has 0 saturated carbocycles. The highest BCUT2D eigenvalue weighted by Crippen LogP contribution is 2.29. The average Bonchev–Trinajstić information content (AvgIpc) is 2.57. The molecule has 0 unspecified atom stereocenters. The number of carbonyl (C=O) groups is 1. The number of halogens is 1. The van der Waals surface area contributed by atoms with Crippen molar-refractivity contribution in [3.05, 3.63) is 59.4 Å². The fourth-order valence-corrected chi connectivity index (χ4v) is 2.37. The highest BCUT2D eigenvalue weighted by atomic mass is 35.5. The van der Waals surface area contributed by atoms with Crippen molar-refractivity contribution in [2.24, 2.45) is 0 Å². The Bertz CT molecular complexity index is 867. The fraction of sp³-hybridized carbons (Fsp3) is 0.118. The molecule has 0 radical (unpaired) electrons. The number of nitrogens with one attached hydrogen (secondary N) is 1. The maximum atomic E-state index is 12.0. The molecule has 1 N–H and O–H groups in total. The third kappa shape index (κ3) is 3.40. The van der Waals surface area contributed by atoms with Crippen molar-refractivity contribution in [3.8, 4) is 5.75 Å². The van der Waals surface area contributed by atoms with Crippen molar-refractivity contribution in [2.75, 3.05) is 11.9 Å². The van der Waals surface area contributed by atoms with Gasteiger partial charge in [0.1, 0.15) is 17.1 Å². The van der Waals surface area contributed by atoms with Gasteiger partial charge < -0.3 is 10.1 Å². The smallest absolute Gasteiger partial charge is 0.263 e. The molecule has 0 aliphatic heterocycles. The zero-order valence-corrected chi connectivity index (χ0v) is 13.2. The van der Waals surface area contributed by atoms with Crippen LogP contribution in [0.25, 0.3) is 10.9 Å². The van der Waals surface area contributed by atoms with Crippen LogP contribution >= 0.6 is 11.6 Å². The summed E-state index contributed by atoms with van der Waals surface area (Å²) in [5, 5.41) is 4.09. The summed E-state index contributed by atoms with van der Waals surface area (Å²) in [7, 11) is 0. The first-order valence-corrected chi connectivity index (χ1v) is 7.40. The summed E-state index contributed by atoms with van der Waals surface area (Å²) < 4.78 is 5.59. The van der Waals surface area contributed by atoms with Gasteiger partial charge >= 0.3 is 0 Å². The van der Waals surface area contributed by atoms with Crippen molar-refractivity contribution in [1.82, 2.24) is 9.97 Å². The number of hydrogen-bond acceptors (Lipinski definition) is 4. The van der Waals surface area contributed by atoms with Crippen molar-refractivity contribution < 1.29 is 9.53 Å². The minimum atomic E-state index is -0.286. The summed E-state index contributed by atoms with van der Waals surface area (Å²) >= 11 is 6.13. The van der Waals surface area contributed by atoms with Crippen LogP contribution in [0.2, 0.25) is 5.02 Å². The highest BCUT2D eigenvalue weighted by Gasteiger charge is 2.10. The SMILES string of the molecule is Cc1cccnc1NC(=O)COc1ccc(Cl)c2cccnc12. The molecule has 0 bridgehead atoms. The van der Waals surface area contributed by atoms with Gasteiger partial charge in [0, 0.05) is 17.8 Å². The van der Waals surface area contributed by atoms with Crippen LogP contribution in [0.1, 0.15) is 5.56 Å². The molecule has 1 aromatic carbocycles. The molecule has 2 heterocycles. The molecule has 0 aliphatic carbocycles. The molecule has 3 aromatic rings. The normalized spacial score (nSPS) is 10.5. The largest absolute Gasteiger partial charge is 0.481 e. The van der Waals surface area contributed by atoms with E-state index >= 15 is 0 Å². The monoisotopic (exact) mass is 327 g/mol. The molecule has 23 heavy (non-hydrogen) atoms. The molecule has 6 heteroatoms. The Kier molecular flexibility index (Phi) is 4.39. The van der Waals surface area contributed by atoms with Gasteiger partial charge in [-0.25, -0.2) is 4.98 Å². The lowest BCUT2D eigenvalue weighted by Gasteiger charge is -2.10. The number of nitrogens with zero attached hydrogens (tertiary/aromatic N) is 2. The maximum absolute atomic E-state index is 12.0. The van der Waals surface area contributed by atoms with E-state index in [1.807, 2.05) is 25.1 Å². The predicted octanol–water partition coefficient (Wildman–Crippen LogP) is 3.61. The first kappa shape index (κ1) is 15.2. The summed E-state index contributed by atoms with van der Waals surface area (Å²) in [5.41, 5.74) is 1.52. The molecule has 0 atom stereocenters. The Morgan fingerprint density at radius 2 is 1.96 bits per heavy atom. The van der Waals surface area contributed by atoms with Gasteiger partial charge in [0.15, 0.2) is 6.61 Å². The Balaban J connectivity index is 1.73. The van der Waals surface area contributed by atoms with E-state index in [1.165, 1.54) is 0 Å². The number of hydrogen-bond donors (Lipinski definition) is 1. The van der Waals surface area contributed by atoms with Crippen LogP contribution in [0.4, 0.5) is 5.82 Å². The van der Waals surface area contributed by atoms with Gasteiger partial charge in [-0.1, -0.05) is 17.7 Å². The second-order valence-electron chi connectivity index (χ2n) is 4.95. The third-order valence-corrected chi connectivity index (χ3v) is 3.64. The van der Waals surface area contributed by atoms with Gasteiger partial charge in [-0.15, -0.1) is 0 Å². The molecular weight excluding hydrogens is 314 g/mol. The zero-order valence-electron chi connectivity index (χ0n) is 12.4. The third-order valence-electron chi connectivity index (χ3n) is 3.31. The molecule has 3 rings (SSSR count). The molecule has 0 spiro atoms. The van der Waals surface area contributed by atoms with Crippen LogP contribution in [0, 0.1) is 6.92 Å². The second kappa shape index (κ2) is 6.62. The number of amides is 1. The summed E-state index contributed by atoms with van der Waals surface area (Å²) in [6.07, 6.45) is 3.28. The Labute approximate surface area is 138 Å². The summed E-state index contributed by atoms with van der Waals surface area (Å²) in [6.45, 7) is 1.74. The standard InChI is InChI=1S/C17H14ClN3O2/c1-11-4-2-9-20-17(11)21-15(22)10-23-14-7-6-13(18)12-5-3-8-19-16(12)14/h2-9H,10H2,1H3,(H,20,21,22). The molecule has 1 amide bonds. The van der Waals surface area contributed by atoms with Crippen LogP contribution in [0.3, 0.4) is 0 Å². The minimum absolute atomic E-state index is 0.136. The molecule has 0 fully saturated rings. The van der Waals surface area contributed by atoms with Gasteiger partial charge in [-0.2, -0.15) is 0 Å². The van der Waals surface area contributed by atoms with E-state index in [0.29, 0.717) is 22.1 Å². The van der Waals surface area contributed by atoms with Crippen LogP contribution in [-0.4, -0.2) is 22.5 Å². The second-order valence-corrected chi connectivity index (χ2v) is 5.36. The lowest BCUT2D eigenvalue weighted by atomic mass is 10.2. The lowest BCUT2D eigenvalue weighted by Crippen LogP contribution is -2.21. The number of benzene rings is 1. The van der Waals surface area contributed by atoms with Crippen LogP contribution in [0.5, 0.6) is 5.75 Å². The first-order valence-electron chi connectivity index (χ1n) is 7.02. The van der Waals surface area contributed by atoms with Crippen molar-refractivity contribution >= 4 is 34.2 Å². The number of aryl methyl sites for hydroxylation is 1. The Morgan fingerprint density at radius 3 is 2.78 bits per heavy atom. The van der Waals surface area contributed by atoms with E-state index in [9.17, 15) is 4.79 Å². The molecule has 5 nitrogen and oxygen atoms in total. The van der Waals surface area contributed by atoms with E-state index in [0.717, 1.165) is 10.9 Å². The zero-order chi connectivity index (χ0) is 16.2. The number of carbonyl (C=O) groups excluding carboxylic acids is 1. The fourth-order valence-electron chi connectivity index (χ4n) is 2.16. The summed E-state index contributed by atoms with van der Waals surface area (Å²) in [6, 6.07) is 10.8. The number of pyridine rings is 2. The molecule has 0 aliphatic rings. The van der Waals surface area contributed by atoms with Crippen molar-refractivity contribution in [2.45, 2.75) is 6.92 Å². The van der Waals surface area contributed by atoms with E-state index in [2.05, 4.69) is 15.3 Å². The van der Waals surface area contributed by atoms with Crippen LogP contribution in [-0.2, 0) is 4.79 Å². The Morgan fingerprint density at radius 1 is 1.17 bits per heavy atom. The van der Waals surface area contributed by atoms with Gasteiger partial charge in [-0.05, 0) is 42.8 Å². The van der Waals surface area contributed by atoms with Gasteiger partial charge in [0.05, 0.1) is 5.02 Å². The minimum Gasteiger partial charge on any atom is -0.481 e. The quantitative estimate of drug-likeness (QED) is 0.795. The molecule has 116 valence electrons. The Hall–Kier alpha value is -2.66. The number of aromatic nitrogens is 2. The number of rotatable bonds is 4. The lowest BCUT2D eigenvalue weighted by molar-refractivity contribution is -0.118. The molecule has 0 saturated heterocycles. The van der Waals surface area contributed by atoms with Gasteiger partial charge in [0.2, 0.25) is 0 Å². The van der Waals surface area contributed by atoms with Gasteiger partial charge in [-0.3, -0.25) is 9.78 Å². The topological polar surface area (TPSA) is 64.1 Å².